The summed E-state index contributed by atoms with van der Waals surface area (Å²) in [6, 6.07) is 4.35. The molecular weight excluding hydrogens is 196 g/mol. The standard InChI is InChI=1S/C14H24N2/c1-15(11-13-7-4-3-5-8-13)12-14-9-6-10-16(14)2/h6,9-10,13H,3-5,7-8,11-12H2,1-2H3. The molecule has 2 heteroatoms. The molecule has 0 amide bonds. The van der Waals surface area contributed by atoms with Crippen LogP contribution in [0.1, 0.15) is 37.8 Å². The van der Waals surface area contributed by atoms with Crippen molar-refractivity contribution in [3.05, 3.63) is 24.0 Å². The van der Waals surface area contributed by atoms with Crippen molar-refractivity contribution in [2.24, 2.45) is 13.0 Å². The van der Waals surface area contributed by atoms with Crippen molar-refractivity contribution < 1.29 is 0 Å². The van der Waals surface area contributed by atoms with Crippen LogP contribution in [0, 0.1) is 5.92 Å². The fraction of sp³-hybridized carbons (Fsp3) is 0.714. The minimum Gasteiger partial charge on any atom is -0.353 e. The smallest absolute Gasteiger partial charge is 0.0384 e. The highest BCUT2D eigenvalue weighted by Crippen LogP contribution is 2.24. The molecule has 1 aliphatic rings. The van der Waals surface area contributed by atoms with E-state index in [-0.39, 0.29) is 0 Å². The van der Waals surface area contributed by atoms with E-state index in [1.54, 1.807) is 0 Å². The van der Waals surface area contributed by atoms with E-state index in [4.69, 9.17) is 0 Å². The molecule has 1 heterocycles. The highest BCUT2D eigenvalue weighted by molar-refractivity contribution is 5.06. The highest BCUT2D eigenvalue weighted by Gasteiger charge is 2.15. The van der Waals surface area contributed by atoms with Gasteiger partial charge in [0, 0.05) is 32.0 Å². The molecule has 0 spiro atoms. The Morgan fingerprint density at radius 2 is 2.06 bits per heavy atom. The van der Waals surface area contributed by atoms with Crippen molar-refractivity contribution in [3.63, 3.8) is 0 Å². The van der Waals surface area contributed by atoms with Crippen molar-refractivity contribution in [3.8, 4) is 0 Å². The van der Waals surface area contributed by atoms with Crippen LogP contribution < -0.4 is 0 Å². The molecule has 0 radical (unpaired) electrons. The van der Waals surface area contributed by atoms with Gasteiger partial charge in [-0.1, -0.05) is 19.3 Å². The number of nitrogens with zero attached hydrogens (tertiary/aromatic N) is 2. The Kier molecular flexibility index (Phi) is 4.05. The Bertz CT molecular complexity index is 310. The molecule has 0 atom stereocenters. The fourth-order valence-corrected chi connectivity index (χ4v) is 2.81. The topological polar surface area (TPSA) is 8.17 Å². The zero-order valence-corrected chi connectivity index (χ0v) is 10.7. The second-order valence-corrected chi connectivity index (χ2v) is 5.31. The zero-order valence-electron chi connectivity index (χ0n) is 10.7. The van der Waals surface area contributed by atoms with Crippen LogP contribution in [0.15, 0.2) is 18.3 Å². The van der Waals surface area contributed by atoms with Gasteiger partial charge in [0.05, 0.1) is 0 Å². The maximum atomic E-state index is 2.48. The lowest BCUT2D eigenvalue weighted by Crippen LogP contribution is -2.27. The number of hydrogen-bond donors (Lipinski definition) is 0. The lowest BCUT2D eigenvalue weighted by Gasteiger charge is -2.27. The summed E-state index contributed by atoms with van der Waals surface area (Å²) in [5, 5.41) is 0. The molecule has 1 aliphatic carbocycles. The predicted molar refractivity (Wildman–Crippen MR) is 68.3 cm³/mol. The largest absolute Gasteiger partial charge is 0.353 e. The summed E-state index contributed by atoms with van der Waals surface area (Å²) in [4.78, 5) is 2.48. The van der Waals surface area contributed by atoms with Crippen LogP contribution in [-0.4, -0.2) is 23.1 Å². The molecule has 1 aromatic heterocycles. The Balaban J connectivity index is 1.79. The normalized spacial score (nSPS) is 18.2. The Morgan fingerprint density at radius 3 is 2.69 bits per heavy atom. The average Bonchev–Trinajstić information content (AvgIpc) is 2.66. The van der Waals surface area contributed by atoms with Crippen LogP contribution in [0.3, 0.4) is 0 Å². The molecule has 0 saturated heterocycles. The Labute approximate surface area is 99.3 Å². The summed E-state index contributed by atoms with van der Waals surface area (Å²) in [5.74, 6) is 0.944. The van der Waals surface area contributed by atoms with Gasteiger partial charge in [-0.05, 0) is 37.9 Å². The van der Waals surface area contributed by atoms with Gasteiger partial charge >= 0.3 is 0 Å². The second kappa shape index (κ2) is 5.53. The predicted octanol–water partition coefficient (Wildman–Crippen LogP) is 3.04. The van der Waals surface area contributed by atoms with Gasteiger partial charge in [-0.25, -0.2) is 0 Å². The molecule has 0 bridgehead atoms. The third-order valence-electron chi connectivity index (χ3n) is 3.78. The fourth-order valence-electron chi connectivity index (χ4n) is 2.81. The first kappa shape index (κ1) is 11.7. The summed E-state index contributed by atoms with van der Waals surface area (Å²) in [6.45, 7) is 2.35. The van der Waals surface area contributed by atoms with E-state index in [0.29, 0.717) is 0 Å². The summed E-state index contributed by atoms with van der Waals surface area (Å²) in [5.41, 5.74) is 1.42. The molecule has 1 saturated carbocycles. The van der Waals surface area contributed by atoms with Crippen molar-refractivity contribution >= 4 is 0 Å². The number of aryl methyl sites for hydroxylation is 1. The lowest BCUT2D eigenvalue weighted by atomic mass is 9.89. The lowest BCUT2D eigenvalue weighted by molar-refractivity contribution is 0.225. The van der Waals surface area contributed by atoms with Crippen LogP contribution in [-0.2, 0) is 13.6 Å². The average molecular weight is 220 g/mol. The number of rotatable bonds is 4. The van der Waals surface area contributed by atoms with E-state index in [2.05, 4.69) is 41.9 Å². The molecule has 2 nitrogen and oxygen atoms in total. The van der Waals surface area contributed by atoms with Gasteiger partial charge in [-0.15, -0.1) is 0 Å². The van der Waals surface area contributed by atoms with E-state index in [9.17, 15) is 0 Å². The quantitative estimate of drug-likeness (QED) is 0.757. The monoisotopic (exact) mass is 220 g/mol. The van der Waals surface area contributed by atoms with Crippen LogP contribution in [0.5, 0.6) is 0 Å². The van der Waals surface area contributed by atoms with E-state index < -0.39 is 0 Å². The Morgan fingerprint density at radius 1 is 1.31 bits per heavy atom. The number of hydrogen-bond acceptors (Lipinski definition) is 1. The van der Waals surface area contributed by atoms with Crippen LogP contribution >= 0.6 is 0 Å². The zero-order chi connectivity index (χ0) is 11.4. The van der Waals surface area contributed by atoms with Gasteiger partial charge in [0.15, 0.2) is 0 Å². The van der Waals surface area contributed by atoms with Crippen LogP contribution in [0.2, 0.25) is 0 Å². The number of aromatic nitrogens is 1. The van der Waals surface area contributed by atoms with Gasteiger partial charge in [-0.3, -0.25) is 0 Å². The van der Waals surface area contributed by atoms with E-state index in [0.717, 1.165) is 12.5 Å². The second-order valence-electron chi connectivity index (χ2n) is 5.31. The molecular formula is C14H24N2. The van der Waals surface area contributed by atoms with Gasteiger partial charge in [0.2, 0.25) is 0 Å². The summed E-state index contributed by atoms with van der Waals surface area (Å²) in [6.07, 6.45) is 9.36. The third-order valence-corrected chi connectivity index (χ3v) is 3.78. The van der Waals surface area contributed by atoms with E-state index >= 15 is 0 Å². The van der Waals surface area contributed by atoms with Gasteiger partial charge in [0.25, 0.3) is 0 Å². The van der Waals surface area contributed by atoms with Crippen LogP contribution in [0.25, 0.3) is 0 Å². The summed E-state index contributed by atoms with van der Waals surface area (Å²) >= 11 is 0. The van der Waals surface area contributed by atoms with Gasteiger partial charge in [-0.2, -0.15) is 0 Å². The van der Waals surface area contributed by atoms with Crippen molar-refractivity contribution in [2.45, 2.75) is 38.6 Å². The molecule has 2 rings (SSSR count). The van der Waals surface area contributed by atoms with Crippen molar-refractivity contribution in [1.29, 1.82) is 0 Å². The minimum absolute atomic E-state index is 0.944. The summed E-state index contributed by atoms with van der Waals surface area (Å²) < 4.78 is 2.22. The maximum Gasteiger partial charge on any atom is 0.0384 e. The van der Waals surface area contributed by atoms with E-state index in [1.807, 2.05) is 0 Å². The molecule has 0 aromatic carbocycles. The minimum atomic E-state index is 0.944. The Hall–Kier alpha value is -0.760. The first-order valence-electron chi connectivity index (χ1n) is 6.54. The first-order valence-corrected chi connectivity index (χ1v) is 6.54. The molecule has 0 N–H and O–H groups in total. The molecule has 90 valence electrons. The SMILES string of the molecule is CN(Cc1cccn1C)CC1CCCCC1. The maximum absolute atomic E-state index is 2.48. The first-order chi connectivity index (χ1) is 7.75. The molecule has 0 aliphatic heterocycles. The molecule has 1 aromatic rings. The molecule has 1 fully saturated rings. The van der Waals surface area contributed by atoms with Crippen molar-refractivity contribution in [1.82, 2.24) is 9.47 Å². The molecule has 0 unspecified atom stereocenters. The highest BCUT2D eigenvalue weighted by atomic mass is 15.1. The van der Waals surface area contributed by atoms with Crippen LogP contribution in [0.4, 0.5) is 0 Å². The third kappa shape index (κ3) is 3.11. The van der Waals surface area contributed by atoms with E-state index in [1.165, 1.54) is 44.3 Å². The van der Waals surface area contributed by atoms with Gasteiger partial charge < -0.3 is 9.47 Å². The van der Waals surface area contributed by atoms with Gasteiger partial charge in [0.1, 0.15) is 0 Å². The van der Waals surface area contributed by atoms with Crippen molar-refractivity contribution in [2.75, 3.05) is 13.6 Å². The summed E-state index contributed by atoms with van der Waals surface area (Å²) in [7, 11) is 4.38. The molecule has 16 heavy (non-hydrogen) atoms.